The van der Waals surface area contributed by atoms with E-state index in [1.165, 1.54) is 19.2 Å². The van der Waals surface area contributed by atoms with Gasteiger partial charge in [-0.2, -0.15) is 4.72 Å². The summed E-state index contributed by atoms with van der Waals surface area (Å²) in [5.74, 6) is -1.12. The van der Waals surface area contributed by atoms with Gasteiger partial charge in [-0.1, -0.05) is 46.3 Å². The number of halogens is 1. The minimum atomic E-state index is -4.08. The van der Waals surface area contributed by atoms with Crippen molar-refractivity contribution in [2.24, 2.45) is 0 Å². The summed E-state index contributed by atoms with van der Waals surface area (Å²) >= 11 is 3.20. The standard InChI is InChI=1S/C16H16BrNO5S/c1-23-14-8-7-12(17)10-15(14)24(21,22)18-13(16(19)20)9-11-5-3-2-4-6-11/h2-8,10,13,18H,9H2,1H3,(H,19,20). The number of sulfonamides is 1. The van der Waals surface area contributed by atoms with Gasteiger partial charge in [-0.3, -0.25) is 4.79 Å². The van der Waals surface area contributed by atoms with E-state index in [1.54, 1.807) is 36.4 Å². The van der Waals surface area contributed by atoms with Crippen molar-refractivity contribution >= 4 is 31.9 Å². The Bertz CT molecular complexity index is 824. The largest absolute Gasteiger partial charge is 0.495 e. The van der Waals surface area contributed by atoms with Crippen molar-refractivity contribution in [2.75, 3.05) is 7.11 Å². The van der Waals surface area contributed by atoms with Gasteiger partial charge in [0.2, 0.25) is 10.0 Å². The van der Waals surface area contributed by atoms with Crippen LogP contribution in [-0.4, -0.2) is 32.6 Å². The van der Waals surface area contributed by atoms with Gasteiger partial charge >= 0.3 is 5.97 Å². The molecule has 0 saturated heterocycles. The Morgan fingerprint density at radius 2 is 1.92 bits per heavy atom. The molecule has 1 atom stereocenters. The molecule has 0 saturated carbocycles. The zero-order valence-electron chi connectivity index (χ0n) is 12.8. The fourth-order valence-corrected chi connectivity index (χ4v) is 4.04. The van der Waals surface area contributed by atoms with Crippen LogP contribution in [0.25, 0.3) is 0 Å². The normalized spacial score (nSPS) is 12.6. The molecule has 0 aliphatic carbocycles. The highest BCUT2D eigenvalue weighted by atomic mass is 79.9. The van der Waals surface area contributed by atoms with Crippen LogP contribution in [-0.2, 0) is 21.2 Å². The molecule has 6 nitrogen and oxygen atoms in total. The van der Waals surface area contributed by atoms with E-state index in [0.29, 0.717) is 10.0 Å². The first-order valence-electron chi connectivity index (χ1n) is 6.96. The maximum absolute atomic E-state index is 12.6. The number of nitrogens with one attached hydrogen (secondary N) is 1. The number of methoxy groups -OCH3 is 1. The Morgan fingerprint density at radius 1 is 1.25 bits per heavy atom. The van der Waals surface area contributed by atoms with Gasteiger partial charge in [0.25, 0.3) is 0 Å². The predicted molar refractivity (Wildman–Crippen MR) is 92.6 cm³/mol. The lowest BCUT2D eigenvalue weighted by Gasteiger charge is -2.16. The number of hydrogen-bond donors (Lipinski definition) is 2. The van der Waals surface area contributed by atoms with E-state index in [9.17, 15) is 18.3 Å². The van der Waals surface area contributed by atoms with E-state index >= 15 is 0 Å². The summed E-state index contributed by atoms with van der Waals surface area (Å²) in [6.45, 7) is 0. The monoisotopic (exact) mass is 413 g/mol. The highest BCUT2D eigenvalue weighted by Gasteiger charge is 2.28. The summed E-state index contributed by atoms with van der Waals surface area (Å²) in [5, 5.41) is 9.36. The molecule has 0 bridgehead atoms. The van der Waals surface area contributed by atoms with Crippen LogP contribution in [0.4, 0.5) is 0 Å². The Kier molecular flexibility index (Phi) is 5.98. The maximum atomic E-state index is 12.6. The molecule has 2 rings (SSSR count). The van der Waals surface area contributed by atoms with Gasteiger partial charge in [0.1, 0.15) is 16.7 Å². The second kappa shape index (κ2) is 7.78. The van der Waals surface area contributed by atoms with Crippen LogP contribution in [0.2, 0.25) is 0 Å². The zero-order valence-corrected chi connectivity index (χ0v) is 15.2. The first-order chi connectivity index (χ1) is 11.3. The van der Waals surface area contributed by atoms with Crippen LogP contribution < -0.4 is 9.46 Å². The van der Waals surface area contributed by atoms with E-state index in [4.69, 9.17) is 4.74 Å². The van der Waals surface area contributed by atoms with Gasteiger partial charge < -0.3 is 9.84 Å². The molecule has 0 amide bonds. The molecule has 0 fully saturated rings. The van der Waals surface area contributed by atoms with Gasteiger partial charge in [-0.05, 0) is 30.2 Å². The maximum Gasteiger partial charge on any atom is 0.322 e. The Labute approximate surface area is 148 Å². The molecule has 0 aromatic heterocycles. The molecule has 24 heavy (non-hydrogen) atoms. The zero-order chi connectivity index (χ0) is 17.7. The summed E-state index contributed by atoms with van der Waals surface area (Å²) in [6, 6.07) is 12.0. The highest BCUT2D eigenvalue weighted by molar-refractivity contribution is 9.10. The number of benzene rings is 2. The number of hydrogen-bond acceptors (Lipinski definition) is 4. The van der Waals surface area contributed by atoms with Crippen molar-refractivity contribution in [3.05, 3.63) is 58.6 Å². The molecule has 0 radical (unpaired) electrons. The third-order valence-electron chi connectivity index (χ3n) is 3.29. The van der Waals surface area contributed by atoms with Crippen molar-refractivity contribution in [1.29, 1.82) is 0 Å². The Morgan fingerprint density at radius 3 is 2.50 bits per heavy atom. The molecule has 0 heterocycles. The van der Waals surface area contributed by atoms with E-state index in [-0.39, 0.29) is 17.1 Å². The summed E-state index contributed by atoms with van der Waals surface area (Å²) in [5.41, 5.74) is 0.716. The third kappa shape index (κ3) is 4.56. The van der Waals surface area contributed by atoms with Crippen LogP contribution >= 0.6 is 15.9 Å². The highest BCUT2D eigenvalue weighted by Crippen LogP contribution is 2.27. The summed E-state index contributed by atoms with van der Waals surface area (Å²) < 4.78 is 33.0. The first-order valence-corrected chi connectivity index (χ1v) is 9.23. The second-order valence-corrected chi connectivity index (χ2v) is 7.60. The molecule has 0 aliphatic rings. The van der Waals surface area contributed by atoms with E-state index < -0.39 is 22.0 Å². The topological polar surface area (TPSA) is 92.7 Å². The van der Waals surface area contributed by atoms with Crippen molar-refractivity contribution in [3.8, 4) is 5.75 Å². The number of aliphatic carboxylic acids is 1. The van der Waals surface area contributed by atoms with E-state index in [0.717, 1.165) is 0 Å². The quantitative estimate of drug-likeness (QED) is 0.726. The fraction of sp³-hybridized carbons (Fsp3) is 0.188. The van der Waals surface area contributed by atoms with Crippen LogP contribution in [0.15, 0.2) is 57.9 Å². The molecule has 0 aliphatic heterocycles. The lowest BCUT2D eigenvalue weighted by atomic mass is 10.1. The SMILES string of the molecule is COc1ccc(Br)cc1S(=O)(=O)NC(Cc1ccccc1)C(=O)O. The Balaban J connectivity index is 2.31. The van der Waals surface area contributed by atoms with Crippen LogP contribution in [0, 0.1) is 0 Å². The molecule has 0 spiro atoms. The van der Waals surface area contributed by atoms with Crippen molar-refractivity contribution in [2.45, 2.75) is 17.4 Å². The minimum absolute atomic E-state index is 0.0335. The molecule has 2 N–H and O–H groups in total. The molecule has 2 aromatic rings. The fourth-order valence-electron chi connectivity index (χ4n) is 2.14. The smallest absolute Gasteiger partial charge is 0.322 e. The number of ether oxygens (including phenoxy) is 1. The lowest BCUT2D eigenvalue weighted by Crippen LogP contribution is -2.42. The summed E-state index contributed by atoms with van der Waals surface area (Å²) in [4.78, 5) is 11.3. The summed E-state index contributed by atoms with van der Waals surface area (Å²) in [6.07, 6.45) is 0.0335. The average molecular weight is 414 g/mol. The lowest BCUT2D eigenvalue weighted by molar-refractivity contribution is -0.138. The van der Waals surface area contributed by atoms with Crippen molar-refractivity contribution in [1.82, 2.24) is 4.72 Å². The number of carbonyl (C=O) groups is 1. The molecule has 2 aromatic carbocycles. The molecular weight excluding hydrogens is 398 g/mol. The molecule has 128 valence electrons. The van der Waals surface area contributed by atoms with Crippen LogP contribution in [0.1, 0.15) is 5.56 Å². The third-order valence-corrected chi connectivity index (χ3v) is 5.28. The molecule has 8 heteroatoms. The van der Waals surface area contributed by atoms with Gasteiger partial charge in [0.05, 0.1) is 7.11 Å². The van der Waals surface area contributed by atoms with E-state index in [2.05, 4.69) is 20.7 Å². The average Bonchev–Trinajstić information content (AvgIpc) is 2.55. The van der Waals surface area contributed by atoms with Gasteiger partial charge in [0, 0.05) is 4.47 Å². The van der Waals surface area contributed by atoms with Gasteiger partial charge in [0.15, 0.2) is 0 Å². The van der Waals surface area contributed by atoms with Gasteiger partial charge in [-0.15, -0.1) is 0 Å². The van der Waals surface area contributed by atoms with Crippen LogP contribution in [0.3, 0.4) is 0 Å². The first kappa shape index (κ1) is 18.4. The molecular formula is C16H16BrNO5S. The molecule has 1 unspecified atom stereocenters. The number of carboxylic acid groups (broad SMARTS) is 1. The van der Waals surface area contributed by atoms with Crippen molar-refractivity contribution in [3.63, 3.8) is 0 Å². The van der Waals surface area contributed by atoms with Crippen LogP contribution in [0.5, 0.6) is 5.75 Å². The Hall–Kier alpha value is -1.90. The van der Waals surface area contributed by atoms with E-state index in [1.807, 2.05) is 0 Å². The number of carboxylic acids is 1. The minimum Gasteiger partial charge on any atom is -0.495 e. The second-order valence-electron chi connectivity index (χ2n) is 5.00. The summed E-state index contributed by atoms with van der Waals surface area (Å²) in [7, 11) is -2.73. The van der Waals surface area contributed by atoms with Gasteiger partial charge in [-0.25, -0.2) is 8.42 Å². The van der Waals surface area contributed by atoms with Crippen molar-refractivity contribution < 1.29 is 23.1 Å². The number of rotatable bonds is 7. The predicted octanol–water partition coefficient (Wildman–Crippen LogP) is 2.43.